The molecule has 0 saturated heterocycles. The number of fused-ring (bicyclic) bond motifs is 1. The lowest BCUT2D eigenvalue weighted by Gasteiger charge is -2.43. The molecule has 3 aromatic carbocycles. The standard InChI is InChI=1S/C33H36O3/c1-24-18-20-26-22-25(19-21-30(26)31(24)32(34)35-2)23-36-33(27-12-6-3-7-13-27,28-14-8-4-9-15-28)29-16-10-5-11-17-29/h3-18,20,24-26,30-31H,19,21-23H2,1-2H3/t24-,25-,26-,30-,31-/m1/s1. The van der Waals surface area contributed by atoms with E-state index < -0.39 is 5.60 Å². The molecule has 2 aliphatic carbocycles. The van der Waals surface area contributed by atoms with Crippen LogP contribution >= 0.6 is 0 Å². The largest absolute Gasteiger partial charge is 0.469 e. The lowest BCUT2D eigenvalue weighted by molar-refractivity contribution is -0.151. The van der Waals surface area contributed by atoms with Crippen LogP contribution in [0.2, 0.25) is 0 Å². The SMILES string of the molecule is COC(=O)[C@H]1[C@@H]2CC[C@@H](COC(c3ccccc3)(c3ccccc3)c3ccccc3)C[C@H]2C=C[C@H]1C. The fourth-order valence-electron chi connectivity index (χ4n) is 6.50. The minimum atomic E-state index is -0.688. The van der Waals surface area contributed by atoms with Crippen LogP contribution in [0.15, 0.2) is 103 Å². The summed E-state index contributed by atoms with van der Waals surface area (Å²) in [7, 11) is 1.51. The third-order valence-corrected chi connectivity index (χ3v) is 8.30. The molecule has 3 nitrogen and oxygen atoms in total. The van der Waals surface area contributed by atoms with E-state index in [-0.39, 0.29) is 17.8 Å². The van der Waals surface area contributed by atoms with Crippen molar-refractivity contribution < 1.29 is 14.3 Å². The molecule has 1 saturated carbocycles. The number of allylic oxidation sites excluding steroid dienone is 2. The molecule has 0 amide bonds. The van der Waals surface area contributed by atoms with Crippen molar-refractivity contribution in [3.05, 3.63) is 120 Å². The van der Waals surface area contributed by atoms with Crippen molar-refractivity contribution in [3.8, 4) is 0 Å². The van der Waals surface area contributed by atoms with Crippen LogP contribution in [0.1, 0.15) is 42.9 Å². The van der Waals surface area contributed by atoms with Crippen molar-refractivity contribution in [2.24, 2.45) is 29.6 Å². The highest BCUT2D eigenvalue weighted by atomic mass is 16.5. The predicted molar refractivity (Wildman–Crippen MR) is 143 cm³/mol. The van der Waals surface area contributed by atoms with Crippen molar-refractivity contribution in [2.75, 3.05) is 13.7 Å². The summed E-state index contributed by atoms with van der Waals surface area (Å²) >= 11 is 0. The van der Waals surface area contributed by atoms with Crippen LogP contribution in [0.5, 0.6) is 0 Å². The van der Waals surface area contributed by atoms with Crippen molar-refractivity contribution in [1.29, 1.82) is 0 Å². The number of hydrogen-bond donors (Lipinski definition) is 0. The van der Waals surface area contributed by atoms with Gasteiger partial charge in [0.05, 0.1) is 19.6 Å². The number of carbonyl (C=O) groups is 1. The van der Waals surface area contributed by atoms with Crippen LogP contribution in [0.4, 0.5) is 0 Å². The van der Waals surface area contributed by atoms with Gasteiger partial charge in [-0.1, -0.05) is 110 Å². The summed E-state index contributed by atoms with van der Waals surface area (Å²) < 4.78 is 12.3. The van der Waals surface area contributed by atoms with E-state index in [0.717, 1.165) is 36.0 Å². The Hall–Kier alpha value is -3.17. The number of hydrogen-bond acceptors (Lipinski definition) is 3. The van der Waals surface area contributed by atoms with E-state index in [0.29, 0.717) is 24.4 Å². The normalized spacial score (nSPS) is 25.7. The van der Waals surface area contributed by atoms with Gasteiger partial charge in [-0.05, 0) is 59.6 Å². The molecule has 0 unspecified atom stereocenters. The Morgan fingerprint density at radius 1 is 0.806 bits per heavy atom. The van der Waals surface area contributed by atoms with Gasteiger partial charge in [0.1, 0.15) is 5.60 Å². The average Bonchev–Trinajstić information content (AvgIpc) is 2.95. The maximum atomic E-state index is 12.6. The van der Waals surface area contributed by atoms with Gasteiger partial charge in [-0.3, -0.25) is 4.79 Å². The highest BCUT2D eigenvalue weighted by molar-refractivity contribution is 5.73. The second-order valence-corrected chi connectivity index (χ2v) is 10.4. The fraction of sp³-hybridized carbons (Fsp3) is 0.364. The number of ether oxygens (including phenoxy) is 2. The number of esters is 1. The summed E-state index contributed by atoms with van der Waals surface area (Å²) in [5.74, 6) is 1.31. The Morgan fingerprint density at radius 3 is 1.83 bits per heavy atom. The van der Waals surface area contributed by atoms with Crippen molar-refractivity contribution >= 4 is 5.97 Å². The van der Waals surface area contributed by atoms with Crippen molar-refractivity contribution in [3.63, 3.8) is 0 Å². The van der Waals surface area contributed by atoms with Gasteiger partial charge in [0.2, 0.25) is 0 Å². The summed E-state index contributed by atoms with van der Waals surface area (Å²) in [4.78, 5) is 12.6. The Labute approximate surface area is 215 Å². The third kappa shape index (κ3) is 4.65. The summed E-state index contributed by atoms with van der Waals surface area (Å²) in [5, 5.41) is 0. The maximum absolute atomic E-state index is 12.6. The second kappa shape index (κ2) is 10.8. The van der Waals surface area contributed by atoms with Gasteiger partial charge in [0, 0.05) is 0 Å². The van der Waals surface area contributed by atoms with Gasteiger partial charge >= 0.3 is 5.97 Å². The van der Waals surface area contributed by atoms with Crippen molar-refractivity contribution in [2.45, 2.75) is 31.8 Å². The smallest absolute Gasteiger partial charge is 0.309 e. The molecule has 0 heterocycles. The highest BCUT2D eigenvalue weighted by Crippen LogP contribution is 2.47. The van der Waals surface area contributed by atoms with Crippen LogP contribution in [0.3, 0.4) is 0 Å². The summed E-state index contributed by atoms with van der Waals surface area (Å²) in [5.41, 5.74) is 2.71. The monoisotopic (exact) mass is 480 g/mol. The zero-order valence-corrected chi connectivity index (χ0v) is 21.3. The van der Waals surface area contributed by atoms with E-state index in [1.807, 2.05) is 0 Å². The lowest BCUT2D eigenvalue weighted by Crippen LogP contribution is -2.41. The zero-order valence-electron chi connectivity index (χ0n) is 21.3. The van der Waals surface area contributed by atoms with Gasteiger partial charge in [-0.25, -0.2) is 0 Å². The molecule has 5 rings (SSSR count). The minimum absolute atomic E-state index is 0.0380. The molecule has 5 atom stereocenters. The number of methoxy groups -OCH3 is 1. The quantitative estimate of drug-likeness (QED) is 0.207. The van der Waals surface area contributed by atoms with Crippen molar-refractivity contribution in [1.82, 2.24) is 0 Å². The van der Waals surface area contributed by atoms with E-state index in [9.17, 15) is 4.79 Å². The predicted octanol–water partition coefficient (Wildman–Crippen LogP) is 7.02. The highest BCUT2D eigenvalue weighted by Gasteiger charge is 2.44. The maximum Gasteiger partial charge on any atom is 0.309 e. The Kier molecular flexibility index (Phi) is 7.38. The first-order chi connectivity index (χ1) is 17.6. The number of benzene rings is 3. The Bertz CT molecular complexity index is 1060. The molecule has 3 heteroatoms. The fourth-order valence-corrected chi connectivity index (χ4v) is 6.50. The van der Waals surface area contributed by atoms with Crippen LogP contribution in [0.25, 0.3) is 0 Å². The van der Waals surface area contributed by atoms with Gasteiger partial charge in [-0.2, -0.15) is 0 Å². The summed E-state index contributed by atoms with van der Waals surface area (Å²) in [6.07, 6.45) is 7.69. The molecular formula is C33H36O3. The second-order valence-electron chi connectivity index (χ2n) is 10.4. The first-order valence-electron chi connectivity index (χ1n) is 13.2. The molecule has 0 N–H and O–H groups in total. The van der Waals surface area contributed by atoms with E-state index >= 15 is 0 Å². The average molecular weight is 481 g/mol. The van der Waals surface area contributed by atoms with Crippen LogP contribution in [-0.4, -0.2) is 19.7 Å². The Morgan fingerprint density at radius 2 is 1.33 bits per heavy atom. The first kappa shape index (κ1) is 24.5. The van der Waals surface area contributed by atoms with Crippen LogP contribution in [-0.2, 0) is 19.9 Å². The molecular weight excluding hydrogens is 444 g/mol. The third-order valence-electron chi connectivity index (χ3n) is 8.30. The number of carbonyl (C=O) groups excluding carboxylic acids is 1. The molecule has 1 fully saturated rings. The van der Waals surface area contributed by atoms with E-state index in [1.54, 1.807) is 0 Å². The molecule has 36 heavy (non-hydrogen) atoms. The lowest BCUT2D eigenvalue weighted by atomic mass is 9.63. The van der Waals surface area contributed by atoms with Gasteiger partial charge in [0.25, 0.3) is 0 Å². The van der Waals surface area contributed by atoms with E-state index in [4.69, 9.17) is 9.47 Å². The summed E-state index contributed by atoms with van der Waals surface area (Å²) in [6, 6.07) is 31.7. The summed E-state index contributed by atoms with van der Waals surface area (Å²) in [6.45, 7) is 2.80. The van der Waals surface area contributed by atoms with Gasteiger partial charge in [0.15, 0.2) is 0 Å². The van der Waals surface area contributed by atoms with Gasteiger partial charge < -0.3 is 9.47 Å². The van der Waals surface area contributed by atoms with Gasteiger partial charge in [-0.15, -0.1) is 0 Å². The first-order valence-corrected chi connectivity index (χ1v) is 13.2. The molecule has 0 spiro atoms. The molecule has 186 valence electrons. The molecule has 0 bridgehead atoms. The van der Waals surface area contributed by atoms with Crippen LogP contribution in [0, 0.1) is 29.6 Å². The minimum Gasteiger partial charge on any atom is -0.469 e. The molecule has 2 aliphatic rings. The molecule has 0 aliphatic heterocycles. The molecule has 0 radical (unpaired) electrons. The Balaban J connectivity index is 1.44. The van der Waals surface area contributed by atoms with Crippen LogP contribution < -0.4 is 0 Å². The molecule has 3 aromatic rings. The molecule has 0 aromatic heterocycles. The van der Waals surface area contributed by atoms with E-state index in [1.165, 1.54) is 7.11 Å². The number of rotatable bonds is 7. The van der Waals surface area contributed by atoms with E-state index in [2.05, 4.69) is 110 Å². The topological polar surface area (TPSA) is 35.5 Å². The zero-order chi connectivity index (χ0) is 25.0.